The Morgan fingerprint density at radius 3 is 2.65 bits per heavy atom. The fourth-order valence-corrected chi connectivity index (χ4v) is 3.73. The molecule has 2 aromatic rings. The standard InChI is InChI=1S/C18H18BrClN4OS/c19-13-8-12(10-21-11-13)17(25)23-18(26)22-14-4-5-16(15(20)9-14)24-6-2-1-3-7-24/h4-5,8-11H,1-3,6-7H2,(H2,22,23,25,26). The van der Waals surface area contributed by atoms with E-state index in [9.17, 15) is 4.79 Å². The molecule has 0 unspecified atom stereocenters. The number of rotatable bonds is 3. The lowest BCUT2D eigenvalue weighted by Crippen LogP contribution is -2.34. The molecule has 2 N–H and O–H groups in total. The number of carbonyl (C=O) groups excluding carboxylic acids is 1. The van der Waals surface area contributed by atoms with E-state index in [-0.39, 0.29) is 11.0 Å². The molecule has 136 valence electrons. The van der Waals surface area contributed by atoms with E-state index in [2.05, 4.69) is 36.4 Å². The van der Waals surface area contributed by atoms with Crippen LogP contribution in [0.1, 0.15) is 29.6 Å². The molecular weight excluding hydrogens is 436 g/mol. The second-order valence-corrected chi connectivity index (χ2v) is 7.75. The first-order chi connectivity index (χ1) is 12.5. The number of hydrogen-bond acceptors (Lipinski definition) is 4. The van der Waals surface area contributed by atoms with Gasteiger partial charge in [-0.05, 0) is 71.7 Å². The zero-order chi connectivity index (χ0) is 18.5. The van der Waals surface area contributed by atoms with Gasteiger partial charge in [0.2, 0.25) is 0 Å². The second-order valence-electron chi connectivity index (χ2n) is 6.01. The quantitative estimate of drug-likeness (QED) is 0.664. The first-order valence-electron chi connectivity index (χ1n) is 8.30. The molecule has 2 heterocycles. The highest BCUT2D eigenvalue weighted by molar-refractivity contribution is 9.10. The lowest BCUT2D eigenvalue weighted by Gasteiger charge is -2.29. The predicted molar refractivity (Wildman–Crippen MR) is 113 cm³/mol. The topological polar surface area (TPSA) is 57.3 Å². The molecule has 1 fully saturated rings. The lowest BCUT2D eigenvalue weighted by molar-refractivity contribution is 0.0977. The highest BCUT2D eigenvalue weighted by Gasteiger charge is 2.15. The smallest absolute Gasteiger partial charge is 0.259 e. The van der Waals surface area contributed by atoms with Crippen LogP contribution < -0.4 is 15.5 Å². The van der Waals surface area contributed by atoms with Crippen LogP contribution in [-0.4, -0.2) is 29.1 Å². The molecule has 0 aliphatic carbocycles. The summed E-state index contributed by atoms with van der Waals surface area (Å²) >= 11 is 14.9. The highest BCUT2D eigenvalue weighted by atomic mass is 79.9. The number of benzene rings is 1. The minimum Gasteiger partial charge on any atom is -0.370 e. The van der Waals surface area contributed by atoms with Gasteiger partial charge in [0.15, 0.2) is 5.11 Å². The summed E-state index contributed by atoms with van der Waals surface area (Å²) in [4.78, 5) is 18.5. The van der Waals surface area contributed by atoms with Crippen LogP contribution in [0, 0.1) is 0 Å². The molecule has 0 atom stereocenters. The van der Waals surface area contributed by atoms with Crippen LogP contribution in [-0.2, 0) is 0 Å². The van der Waals surface area contributed by atoms with Gasteiger partial charge in [-0.15, -0.1) is 0 Å². The molecule has 1 aromatic carbocycles. The van der Waals surface area contributed by atoms with Crippen molar-refractivity contribution in [3.63, 3.8) is 0 Å². The van der Waals surface area contributed by atoms with E-state index >= 15 is 0 Å². The van der Waals surface area contributed by atoms with Crippen molar-refractivity contribution in [2.24, 2.45) is 0 Å². The van der Waals surface area contributed by atoms with Crippen molar-refractivity contribution in [1.29, 1.82) is 0 Å². The van der Waals surface area contributed by atoms with Gasteiger partial charge in [0.1, 0.15) is 0 Å². The molecule has 1 aromatic heterocycles. The average Bonchev–Trinajstić information content (AvgIpc) is 2.62. The van der Waals surface area contributed by atoms with Crippen molar-refractivity contribution >= 4 is 62.1 Å². The zero-order valence-corrected chi connectivity index (χ0v) is 17.1. The number of pyridine rings is 1. The van der Waals surface area contributed by atoms with E-state index in [1.165, 1.54) is 25.5 Å². The summed E-state index contributed by atoms with van der Waals surface area (Å²) in [6.07, 6.45) is 6.75. The van der Waals surface area contributed by atoms with Gasteiger partial charge in [0, 0.05) is 35.6 Å². The largest absolute Gasteiger partial charge is 0.370 e. The van der Waals surface area contributed by atoms with Gasteiger partial charge in [0.05, 0.1) is 16.3 Å². The van der Waals surface area contributed by atoms with Crippen molar-refractivity contribution in [1.82, 2.24) is 10.3 Å². The van der Waals surface area contributed by atoms with Gasteiger partial charge in [-0.25, -0.2) is 0 Å². The Bertz CT molecular complexity index is 827. The van der Waals surface area contributed by atoms with Crippen molar-refractivity contribution in [2.75, 3.05) is 23.3 Å². The van der Waals surface area contributed by atoms with Crippen LogP contribution in [0.25, 0.3) is 0 Å². The molecule has 3 rings (SSSR count). The van der Waals surface area contributed by atoms with Crippen molar-refractivity contribution in [3.05, 3.63) is 51.7 Å². The number of hydrogen-bond donors (Lipinski definition) is 2. The Labute approximate surface area is 171 Å². The molecule has 1 amide bonds. The summed E-state index contributed by atoms with van der Waals surface area (Å²) in [6.45, 7) is 2.06. The molecular formula is C18H18BrClN4OS. The number of carbonyl (C=O) groups is 1. The summed E-state index contributed by atoms with van der Waals surface area (Å²) < 4.78 is 0.726. The van der Waals surface area contributed by atoms with Gasteiger partial charge >= 0.3 is 0 Å². The third-order valence-electron chi connectivity index (χ3n) is 4.10. The molecule has 0 radical (unpaired) electrons. The number of anilines is 2. The Kier molecular flexibility index (Phi) is 6.45. The maximum atomic E-state index is 12.2. The van der Waals surface area contributed by atoms with E-state index < -0.39 is 0 Å². The number of nitrogens with one attached hydrogen (secondary N) is 2. The van der Waals surface area contributed by atoms with Crippen LogP contribution in [0.2, 0.25) is 5.02 Å². The molecule has 0 saturated carbocycles. The summed E-state index contributed by atoms with van der Waals surface area (Å²) in [7, 11) is 0. The molecule has 0 bridgehead atoms. The highest BCUT2D eigenvalue weighted by Crippen LogP contribution is 2.30. The van der Waals surface area contributed by atoms with E-state index in [1.54, 1.807) is 12.3 Å². The third-order valence-corrected chi connectivity index (χ3v) is 5.04. The monoisotopic (exact) mass is 452 g/mol. The van der Waals surface area contributed by atoms with Gasteiger partial charge in [0.25, 0.3) is 5.91 Å². The van der Waals surface area contributed by atoms with Gasteiger partial charge in [-0.2, -0.15) is 0 Å². The molecule has 8 heteroatoms. The number of thiocarbonyl (C=S) groups is 1. The number of halogens is 2. The first kappa shape index (κ1) is 19.1. The number of nitrogens with zero attached hydrogens (tertiary/aromatic N) is 2. The molecule has 5 nitrogen and oxygen atoms in total. The van der Waals surface area contributed by atoms with E-state index in [0.29, 0.717) is 10.6 Å². The number of aromatic nitrogens is 1. The van der Waals surface area contributed by atoms with Crippen LogP contribution in [0.5, 0.6) is 0 Å². The Morgan fingerprint density at radius 1 is 1.19 bits per heavy atom. The summed E-state index contributed by atoms with van der Waals surface area (Å²) in [6, 6.07) is 7.40. The normalized spacial score (nSPS) is 14.0. The van der Waals surface area contributed by atoms with E-state index in [0.717, 1.165) is 28.9 Å². The fourth-order valence-electron chi connectivity index (χ4n) is 2.85. The van der Waals surface area contributed by atoms with Crippen molar-refractivity contribution < 1.29 is 4.79 Å². The average molecular weight is 454 g/mol. The summed E-state index contributed by atoms with van der Waals surface area (Å²) in [5.41, 5.74) is 2.18. The molecule has 1 saturated heterocycles. The van der Waals surface area contributed by atoms with Crippen molar-refractivity contribution in [3.8, 4) is 0 Å². The van der Waals surface area contributed by atoms with Crippen LogP contribution in [0.15, 0.2) is 41.1 Å². The lowest BCUT2D eigenvalue weighted by atomic mass is 10.1. The Hall–Kier alpha value is -1.70. The summed E-state index contributed by atoms with van der Waals surface area (Å²) in [5.74, 6) is -0.327. The second kappa shape index (κ2) is 8.79. The van der Waals surface area contributed by atoms with Crippen molar-refractivity contribution in [2.45, 2.75) is 19.3 Å². The minimum absolute atomic E-state index is 0.205. The van der Waals surface area contributed by atoms with Crippen LogP contribution in [0.4, 0.5) is 11.4 Å². The van der Waals surface area contributed by atoms with E-state index in [1.807, 2.05) is 18.2 Å². The maximum Gasteiger partial charge on any atom is 0.259 e. The molecule has 26 heavy (non-hydrogen) atoms. The molecule has 0 spiro atoms. The van der Waals surface area contributed by atoms with Crippen LogP contribution >= 0.6 is 39.7 Å². The SMILES string of the molecule is O=C(NC(=S)Nc1ccc(N2CCCCC2)c(Cl)c1)c1cncc(Br)c1. The first-order valence-corrected chi connectivity index (χ1v) is 9.88. The van der Waals surface area contributed by atoms with Crippen LogP contribution in [0.3, 0.4) is 0 Å². The Morgan fingerprint density at radius 2 is 1.96 bits per heavy atom. The maximum absolute atomic E-state index is 12.2. The molecule has 1 aliphatic rings. The fraction of sp³-hybridized carbons (Fsp3) is 0.278. The number of amides is 1. The zero-order valence-electron chi connectivity index (χ0n) is 14.0. The predicted octanol–water partition coefficient (Wildman–Crippen LogP) is 4.61. The summed E-state index contributed by atoms with van der Waals surface area (Å²) in [5, 5.41) is 6.50. The van der Waals surface area contributed by atoms with Gasteiger partial charge in [-0.3, -0.25) is 15.1 Å². The molecule has 1 aliphatic heterocycles. The number of piperidine rings is 1. The Balaban J connectivity index is 1.62. The minimum atomic E-state index is -0.327. The third kappa shape index (κ3) is 4.93. The van der Waals surface area contributed by atoms with Gasteiger partial charge < -0.3 is 10.2 Å². The van der Waals surface area contributed by atoms with Gasteiger partial charge in [-0.1, -0.05) is 11.6 Å². The van der Waals surface area contributed by atoms with E-state index in [4.69, 9.17) is 23.8 Å².